The largest absolute Gasteiger partial charge is 0.255 e. The fourth-order valence-electron chi connectivity index (χ4n) is 2.77. The Morgan fingerprint density at radius 3 is 2.40 bits per heavy atom. The van der Waals surface area contributed by atoms with Gasteiger partial charge in [-0.2, -0.15) is 0 Å². The molecule has 25 heavy (non-hydrogen) atoms. The normalized spacial score (nSPS) is 13.4. The number of hydrogen-bond donors (Lipinski definition) is 0. The maximum absolute atomic E-state index is 13.8. The SMILES string of the molecule is CC/C=C(\CCC)c1cc(F)ccc1/C=C\c1ccc(S(C)=O)cc1. The zero-order chi connectivity index (χ0) is 18.2. The molecule has 1 unspecified atom stereocenters. The summed E-state index contributed by atoms with van der Waals surface area (Å²) in [5, 5.41) is 0. The van der Waals surface area contributed by atoms with Crippen LogP contribution in [-0.2, 0) is 10.8 Å². The molecule has 0 aliphatic carbocycles. The van der Waals surface area contributed by atoms with Crippen molar-refractivity contribution in [3.63, 3.8) is 0 Å². The highest BCUT2D eigenvalue weighted by atomic mass is 32.2. The van der Waals surface area contributed by atoms with E-state index < -0.39 is 10.8 Å². The molecule has 0 aliphatic rings. The van der Waals surface area contributed by atoms with Gasteiger partial charge in [-0.15, -0.1) is 0 Å². The summed E-state index contributed by atoms with van der Waals surface area (Å²) in [4.78, 5) is 0.815. The molecule has 0 fully saturated rings. The lowest BCUT2D eigenvalue weighted by Crippen LogP contribution is -1.91. The molecule has 0 bridgehead atoms. The molecule has 0 amide bonds. The standard InChI is InChI=1S/C22H25FOS/c1-4-6-18(7-5-2)22-16-20(23)13-12-19(22)11-8-17-9-14-21(15-10-17)25(3)24/h6,8-16H,4-5,7H2,1-3H3/b11-8-,18-6+. The lowest BCUT2D eigenvalue weighted by molar-refractivity contribution is 0.627. The zero-order valence-corrected chi connectivity index (χ0v) is 15.9. The summed E-state index contributed by atoms with van der Waals surface area (Å²) in [6.45, 7) is 4.24. The Morgan fingerprint density at radius 1 is 1.08 bits per heavy atom. The van der Waals surface area contributed by atoms with E-state index in [2.05, 4.69) is 19.9 Å². The van der Waals surface area contributed by atoms with E-state index in [0.29, 0.717) is 0 Å². The molecule has 0 saturated carbocycles. The molecule has 132 valence electrons. The van der Waals surface area contributed by atoms with Crippen molar-refractivity contribution >= 4 is 28.5 Å². The lowest BCUT2D eigenvalue weighted by atomic mass is 9.94. The molecule has 3 heteroatoms. The van der Waals surface area contributed by atoms with Crippen molar-refractivity contribution in [3.05, 3.63) is 71.0 Å². The maximum atomic E-state index is 13.8. The van der Waals surface area contributed by atoms with Gasteiger partial charge in [-0.25, -0.2) is 4.39 Å². The average molecular weight is 357 g/mol. The third-order valence-corrected chi connectivity index (χ3v) is 4.93. The minimum absolute atomic E-state index is 0.208. The third-order valence-electron chi connectivity index (χ3n) is 4.00. The van der Waals surface area contributed by atoms with Gasteiger partial charge >= 0.3 is 0 Å². The summed E-state index contributed by atoms with van der Waals surface area (Å²) in [6.07, 6.45) is 10.8. The second-order valence-corrected chi connectivity index (χ2v) is 7.36. The van der Waals surface area contributed by atoms with Crippen LogP contribution in [0.25, 0.3) is 17.7 Å². The molecule has 0 aromatic heterocycles. The van der Waals surface area contributed by atoms with Crippen LogP contribution in [-0.4, -0.2) is 10.5 Å². The smallest absolute Gasteiger partial charge is 0.123 e. The quantitative estimate of drug-likeness (QED) is 0.530. The first-order valence-electron chi connectivity index (χ1n) is 8.65. The third kappa shape index (κ3) is 5.50. The predicted octanol–water partition coefficient (Wildman–Crippen LogP) is 6.33. The van der Waals surface area contributed by atoms with Crippen LogP contribution in [0.2, 0.25) is 0 Å². The van der Waals surface area contributed by atoms with Gasteiger partial charge in [-0.05, 0) is 59.4 Å². The monoisotopic (exact) mass is 356 g/mol. The molecule has 2 aromatic carbocycles. The van der Waals surface area contributed by atoms with E-state index in [1.54, 1.807) is 12.3 Å². The Hall–Kier alpha value is -2.00. The Balaban J connectivity index is 2.35. The van der Waals surface area contributed by atoms with Gasteiger partial charge in [0.2, 0.25) is 0 Å². The highest BCUT2D eigenvalue weighted by Crippen LogP contribution is 2.27. The molecule has 0 spiro atoms. The second-order valence-electron chi connectivity index (χ2n) is 5.98. The topological polar surface area (TPSA) is 17.1 Å². The van der Waals surface area contributed by atoms with Crippen molar-refractivity contribution in [2.75, 3.05) is 6.26 Å². The highest BCUT2D eigenvalue weighted by molar-refractivity contribution is 7.84. The molecule has 2 rings (SSSR count). The molecule has 0 radical (unpaired) electrons. The van der Waals surface area contributed by atoms with Gasteiger partial charge in [0.1, 0.15) is 5.82 Å². The van der Waals surface area contributed by atoms with Crippen LogP contribution in [0.4, 0.5) is 4.39 Å². The van der Waals surface area contributed by atoms with E-state index in [1.165, 1.54) is 11.6 Å². The van der Waals surface area contributed by atoms with Crippen molar-refractivity contribution in [1.82, 2.24) is 0 Å². The van der Waals surface area contributed by atoms with Gasteiger partial charge in [0.05, 0.1) is 0 Å². The molecule has 0 heterocycles. The fraction of sp³-hybridized carbons (Fsp3) is 0.273. The molecule has 2 aromatic rings. The van der Waals surface area contributed by atoms with E-state index in [4.69, 9.17) is 0 Å². The Morgan fingerprint density at radius 2 is 1.80 bits per heavy atom. The summed E-state index contributed by atoms with van der Waals surface area (Å²) in [7, 11) is -0.968. The van der Waals surface area contributed by atoms with E-state index in [-0.39, 0.29) is 5.82 Å². The maximum Gasteiger partial charge on any atom is 0.123 e. The van der Waals surface area contributed by atoms with E-state index in [1.807, 2.05) is 42.5 Å². The summed E-state index contributed by atoms with van der Waals surface area (Å²) in [5.41, 5.74) is 4.20. The van der Waals surface area contributed by atoms with Crippen molar-refractivity contribution in [2.24, 2.45) is 0 Å². The number of hydrogen-bond acceptors (Lipinski definition) is 1. The van der Waals surface area contributed by atoms with E-state index in [9.17, 15) is 8.60 Å². The molecule has 1 atom stereocenters. The first-order valence-corrected chi connectivity index (χ1v) is 10.2. The van der Waals surface area contributed by atoms with Gasteiger partial charge < -0.3 is 0 Å². The Kier molecular flexibility index (Phi) is 7.32. The number of benzene rings is 2. The van der Waals surface area contributed by atoms with Crippen LogP contribution in [0.15, 0.2) is 53.4 Å². The first-order chi connectivity index (χ1) is 12.0. The minimum Gasteiger partial charge on any atom is -0.255 e. The van der Waals surface area contributed by atoms with Gasteiger partial charge in [-0.3, -0.25) is 4.21 Å². The second kappa shape index (κ2) is 9.47. The van der Waals surface area contributed by atoms with Gasteiger partial charge in [0.15, 0.2) is 0 Å². The lowest BCUT2D eigenvalue weighted by Gasteiger charge is -2.11. The van der Waals surface area contributed by atoms with E-state index >= 15 is 0 Å². The van der Waals surface area contributed by atoms with Gasteiger partial charge in [0, 0.05) is 22.0 Å². The molecule has 1 nitrogen and oxygen atoms in total. The van der Waals surface area contributed by atoms with Crippen molar-refractivity contribution in [3.8, 4) is 0 Å². The average Bonchev–Trinajstić information content (AvgIpc) is 2.61. The summed E-state index contributed by atoms with van der Waals surface area (Å²) in [6, 6.07) is 12.6. The zero-order valence-electron chi connectivity index (χ0n) is 15.1. The van der Waals surface area contributed by atoms with Crippen LogP contribution in [0.3, 0.4) is 0 Å². The predicted molar refractivity (Wildman–Crippen MR) is 107 cm³/mol. The molecule has 0 aliphatic heterocycles. The Labute approximate surface area is 152 Å². The number of rotatable bonds is 7. The molecule has 0 saturated heterocycles. The van der Waals surface area contributed by atoms with Crippen molar-refractivity contribution in [1.29, 1.82) is 0 Å². The summed E-state index contributed by atoms with van der Waals surface area (Å²) >= 11 is 0. The van der Waals surface area contributed by atoms with Crippen LogP contribution in [0, 0.1) is 5.82 Å². The fourth-order valence-corrected chi connectivity index (χ4v) is 3.29. The Bertz CT molecular complexity index is 788. The van der Waals surface area contributed by atoms with Crippen LogP contribution in [0.5, 0.6) is 0 Å². The summed E-state index contributed by atoms with van der Waals surface area (Å²) < 4.78 is 25.3. The highest BCUT2D eigenvalue weighted by Gasteiger charge is 2.07. The molecular formula is C22H25FOS. The number of halogens is 1. The molecular weight excluding hydrogens is 331 g/mol. The van der Waals surface area contributed by atoms with Crippen molar-refractivity contribution < 1.29 is 8.60 Å². The van der Waals surface area contributed by atoms with Crippen LogP contribution >= 0.6 is 0 Å². The first kappa shape index (κ1) is 19.3. The number of allylic oxidation sites excluding steroid dienone is 2. The van der Waals surface area contributed by atoms with Crippen LogP contribution < -0.4 is 0 Å². The van der Waals surface area contributed by atoms with Gasteiger partial charge in [-0.1, -0.05) is 56.7 Å². The summed E-state index contributed by atoms with van der Waals surface area (Å²) in [5.74, 6) is -0.208. The van der Waals surface area contributed by atoms with Crippen LogP contribution in [0.1, 0.15) is 49.8 Å². The van der Waals surface area contributed by atoms with E-state index in [0.717, 1.165) is 40.8 Å². The van der Waals surface area contributed by atoms with Crippen molar-refractivity contribution in [2.45, 2.75) is 38.0 Å². The van der Waals surface area contributed by atoms with Gasteiger partial charge in [0.25, 0.3) is 0 Å². The molecule has 0 N–H and O–H groups in total. The minimum atomic E-state index is -0.968.